The maximum Gasteiger partial charge on any atom is 0.308 e. The Kier molecular flexibility index (Phi) is 3.09. The third-order valence-corrected chi connectivity index (χ3v) is 4.50. The molecule has 0 amide bonds. The van der Waals surface area contributed by atoms with Gasteiger partial charge in [-0.2, -0.15) is 0 Å². The number of nitrogens with zero attached hydrogens (tertiary/aromatic N) is 2. The third-order valence-electron chi connectivity index (χ3n) is 3.51. The van der Waals surface area contributed by atoms with Gasteiger partial charge in [-0.15, -0.1) is 11.3 Å². The summed E-state index contributed by atoms with van der Waals surface area (Å²) in [4.78, 5) is 16.8. The Morgan fingerprint density at radius 2 is 2.26 bits per heavy atom. The molecule has 0 saturated carbocycles. The molecule has 0 unspecified atom stereocenters. The fourth-order valence-electron chi connectivity index (χ4n) is 2.47. The first-order chi connectivity index (χ1) is 11.1. The molecule has 1 aromatic carbocycles. The van der Waals surface area contributed by atoms with E-state index in [1.54, 1.807) is 13.3 Å². The molecule has 7 heteroatoms. The maximum atomic E-state index is 10.8. The number of hydrogen-bond acceptors (Lipinski definition) is 5. The van der Waals surface area contributed by atoms with E-state index in [-0.39, 0.29) is 6.42 Å². The summed E-state index contributed by atoms with van der Waals surface area (Å²) in [7, 11) is 1.63. The van der Waals surface area contributed by atoms with Crippen molar-refractivity contribution in [1.29, 1.82) is 0 Å². The molecule has 0 saturated heterocycles. The summed E-state index contributed by atoms with van der Waals surface area (Å²) < 4.78 is 12.9. The predicted octanol–water partition coefficient (Wildman–Crippen LogP) is 3.44. The highest BCUT2D eigenvalue weighted by Crippen LogP contribution is 2.31. The number of aliphatic carboxylic acids is 1. The molecule has 6 nitrogen and oxygen atoms in total. The molecule has 1 N–H and O–H groups in total. The smallest absolute Gasteiger partial charge is 0.308 e. The number of hydrogen-bond donors (Lipinski definition) is 1. The highest BCUT2D eigenvalue weighted by molar-refractivity contribution is 7.17. The van der Waals surface area contributed by atoms with Crippen molar-refractivity contribution in [3.63, 3.8) is 0 Å². The predicted molar refractivity (Wildman–Crippen MR) is 86.2 cm³/mol. The van der Waals surface area contributed by atoms with Crippen molar-refractivity contribution >= 4 is 33.2 Å². The highest BCUT2D eigenvalue weighted by Gasteiger charge is 2.13. The molecule has 0 bridgehead atoms. The standard InChI is InChI=1S/C16H12N2O4S/c1-21-10-2-3-13-9(4-10)5-14(22-13)12-8-18-7-11(6-15(19)20)23-16(18)17-12/h2-5,7-8H,6H2,1H3,(H,19,20). The number of carboxylic acids is 1. The van der Waals surface area contributed by atoms with Crippen LogP contribution in [-0.4, -0.2) is 27.6 Å². The summed E-state index contributed by atoms with van der Waals surface area (Å²) in [5.41, 5.74) is 1.48. The number of rotatable bonds is 4. The molecule has 0 spiro atoms. The second-order valence-corrected chi connectivity index (χ2v) is 6.19. The number of furan rings is 1. The summed E-state index contributed by atoms with van der Waals surface area (Å²) in [5.74, 6) is 0.596. The molecule has 0 fully saturated rings. The molecular weight excluding hydrogens is 316 g/mol. The van der Waals surface area contributed by atoms with E-state index in [0.29, 0.717) is 11.5 Å². The van der Waals surface area contributed by atoms with E-state index < -0.39 is 5.97 Å². The van der Waals surface area contributed by atoms with E-state index in [1.807, 2.05) is 34.9 Å². The van der Waals surface area contributed by atoms with Crippen molar-refractivity contribution in [2.45, 2.75) is 6.42 Å². The average Bonchev–Trinajstić information content (AvgIpc) is 3.16. The Balaban J connectivity index is 1.73. The minimum absolute atomic E-state index is 0.00773. The van der Waals surface area contributed by atoms with Crippen molar-refractivity contribution in [2.75, 3.05) is 7.11 Å². The van der Waals surface area contributed by atoms with Gasteiger partial charge in [0.2, 0.25) is 0 Å². The first-order valence-electron chi connectivity index (χ1n) is 6.89. The van der Waals surface area contributed by atoms with Crippen LogP contribution in [0.15, 0.2) is 41.1 Å². The number of aromatic nitrogens is 2. The summed E-state index contributed by atoms with van der Waals surface area (Å²) in [6, 6.07) is 7.54. The molecule has 0 radical (unpaired) electrons. The monoisotopic (exact) mass is 328 g/mol. The Morgan fingerprint density at radius 1 is 1.39 bits per heavy atom. The number of carbonyl (C=O) groups is 1. The number of benzene rings is 1. The molecule has 0 atom stereocenters. The second-order valence-electron chi connectivity index (χ2n) is 5.10. The first kappa shape index (κ1) is 13.8. The fraction of sp³-hybridized carbons (Fsp3) is 0.125. The molecule has 23 heavy (non-hydrogen) atoms. The van der Waals surface area contributed by atoms with Gasteiger partial charge in [0.25, 0.3) is 0 Å². The van der Waals surface area contributed by atoms with Crippen LogP contribution in [-0.2, 0) is 11.2 Å². The van der Waals surface area contributed by atoms with Gasteiger partial charge >= 0.3 is 5.97 Å². The summed E-state index contributed by atoms with van der Waals surface area (Å²) >= 11 is 1.36. The number of methoxy groups -OCH3 is 1. The van der Waals surface area contributed by atoms with Gasteiger partial charge in [0.05, 0.1) is 13.5 Å². The molecule has 116 valence electrons. The van der Waals surface area contributed by atoms with E-state index in [0.717, 1.165) is 26.6 Å². The van der Waals surface area contributed by atoms with Crippen molar-refractivity contribution in [2.24, 2.45) is 0 Å². The van der Waals surface area contributed by atoms with E-state index in [4.69, 9.17) is 14.3 Å². The lowest BCUT2D eigenvalue weighted by Gasteiger charge is -1.96. The van der Waals surface area contributed by atoms with Gasteiger partial charge in [-0.25, -0.2) is 4.98 Å². The van der Waals surface area contributed by atoms with Gasteiger partial charge in [0.15, 0.2) is 10.7 Å². The van der Waals surface area contributed by atoms with Gasteiger partial charge in [-0.05, 0) is 24.3 Å². The van der Waals surface area contributed by atoms with Crippen LogP contribution in [0, 0.1) is 0 Å². The summed E-state index contributed by atoms with van der Waals surface area (Å²) in [6.45, 7) is 0. The lowest BCUT2D eigenvalue weighted by molar-refractivity contribution is -0.136. The number of carboxylic acid groups (broad SMARTS) is 1. The molecule has 0 aliphatic heterocycles. The van der Waals surface area contributed by atoms with Crippen LogP contribution >= 0.6 is 11.3 Å². The van der Waals surface area contributed by atoms with Crippen molar-refractivity contribution < 1.29 is 19.1 Å². The van der Waals surface area contributed by atoms with E-state index in [1.165, 1.54) is 11.3 Å². The third kappa shape index (κ3) is 2.44. The van der Waals surface area contributed by atoms with E-state index >= 15 is 0 Å². The van der Waals surface area contributed by atoms with Gasteiger partial charge in [-0.3, -0.25) is 9.20 Å². The van der Waals surface area contributed by atoms with Gasteiger partial charge in [0.1, 0.15) is 17.0 Å². The molecule has 3 heterocycles. The quantitative estimate of drug-likeness (QED) is 0.621. The van der Waals surface area contributed by atoms with Crippen LogP contribution in [0.5, 0.6) is 5.75 Å². The lowest BCUT2D eigenvalue weighted by atomic mass is 10.2. The Bertz CT molecular complexity index is 996. The molecule has 4 aromatic rings. The molecule has 0 aliphatic rings. The molecule has 0 aliphatic carbocycles. The van der Waals surface area contributed by atoms with E-state index in [9.17, 15) is 4.79 Å². The van der Waals surface area contributed by atoms with Gasteiger partial charge < -0.3 is 14.3 Å². The molecule has 3 aromatic heterocycles. The number of fused-ring (bicyclic) bond motifs is 2. The summed E-state index contributed by atoms with van der Waals surface area (Å²) in [6.07, 6.45) is 3.64. The van der Waals surface area contributed by atoms with Crippen LogP contribution in [0.3, 0.4) is 0 Å². The van der Waals surface area contributed by atoms with Crippen LogP contribution < -0.4 is 4.74 Å². The topological polar surface area (TPSA) is 77.0 Å². The fourth-order valence-corrected chi connectivity index (χ4v) is 3.42. The number of imidazole rings is 1. The first-order valence-corrected chi connectivity index (χ1v) is 7.71. The Hall–Kier alpha value is -2.80. The highest BCUT2D eigenvalue weighted by atomic mass is 32.1. The maximum absolute atomic E-state index is 10.8. The minimum atomic E-state index is -0.846. The van der Waals surface area contributed by atoms with Crippen LogP contribution in [0.4, 0.5) is 0 Å². The summed E-state index contributed by atoms with van der Waals surface area (Å²) in [5, 5.41) is 9.78. The average molecular weight is 328 g/mol. The van der Waals surface area contributed by atoms with Crippen molar-refractivity contribution in [3.8, 4) is 17.2 Å². The van der Waals surface area contributed by atoms with Crippen LogP contribution in [0.2, 0.25) is 0 Å². The van der Waals surface area contributed by atoms with Crippen molar-refractivity contribution in [3.05, 3.63) is 41.5 Å². The lowest BCUT2D eigenvalue weighted by Crippen LogP contribution is -1.97. The zero-order chi connectivity index (χ0) is 16.0. The minimum Gasteiger partial charge on any atom is -0.497 e. The zero-order valence-corrected chi connectivity index (χ0v) is 13.0. The largest absolute Gasteiger partial charge is 0.497 e. The zero-order valence-electron chi connectivity index (χ0n) is 12.1. The second kappa shape index (κ2) is 5.13. The molecule has 4 rings (SSSR count). The van der Waals surface area contributed by atoms with Gasteiger partial charge in [0, 0.05) is 22.7 Å². The normalized spacial score (nSPS) is 11.3. The van der Waals surface area contributed by atoms with Crippen molar-refractivity contribution in [1.82, 2.24) is 9.38 Å². The Labute approximate surface area is 134 Å². The van der Waals surface area contributed by atoms with E-state index in [2.05, 4.69) is 4.98 Å². The number of ether oxygens (including phenoxy) is 1. The van der Waals surface area contributed by atoms with Gasteiger partial charge in [-0.1, -0.05) is 0 Å². The number of thiazole rings is 1. The molecular formula is C16H12N2O4S. The van der Waals surface area contributed by atoms with Crippen LogP contribution in [0.1, 0.15) is 4.88 Å². The van der Waals surface area contributed by atoms with Crippen LogP contribution in [0.25, 0.3) is 27.4 Å². The SMILES string of the molecule is COc1ccc2oc(-c3cn4cc(CC(=O)O)sc4n3)cc2c1. The Morgan fingerprint density at radius 3 is 3.00 bits per heavy atom.